The number of oxime groups is 1. The van der Waals surface area contributed by atoms with Gasteiger partial charge < -0.3 is 10.6 Å². The Labute approximate surface area is 175 Å². The lowest BCUT2D eigenvalue weighted by atomic mass is 9.86. The summed E-state index contributed by atoms with van der Waals surface area (Å²) < 4.78 is 42.2. The number of amides is 1. The van der Waals surface area contributed by atoms with Gasteiger partial charge in [-0.05, 0) is 54.3 Å². The van der Waals surface area contributed by atoms with Gasteiger partial charge in [-0.1, -0.05) is 40.5 Å². The number of nitrogens with zero attached hydrogens (tertiary/aromatic N) is 1. The summed E-state index contributed by atoms with van der Waals surface area (Å²) in [5, 5.41) is 3.88. The number of nitrogens with two attached hydrogens (primary N) is 1. The van der Waals surface area contributed by atoms with Crippen LogP contribution in [0.15, 0.2) is 41.6 Å². The average Bonchev–Trinajstić information content (AvgIpc) is 3.07. The van der Waals surface area contributed by atoms with Crippen molar-refractivity contribution in [2.75, 3.05) is 0 Å². The fraction of sp³-hybridized carbons (Fsp3) is 0.300. The van der Waals surface area contributed by atoms with E-state index in [2.05, 4.69) is 5.16 Å². The van der Waals surface area contributed by atoms with Crippen LogP contribution >= 0.6 is 23.2 Å². The molecule has 3 rings (SSSR count). The Morgan fingerprint density at radius 3 is 2.45 bits per heavy atom. The molecule has 29 heavy (non-hydrogen) atoms. The summed E-state index contributed by atoms with van der Waals surface area (Å²) in [6.45, 7) is 1.85. The minimum absolute atomic E-state index is 0.0669. The number of primary amides is 1. The maximum absolute atomic E-state index is 14.1. The maximum Gasteiger partial charge on any atom is 0.435 e. The van der Waals surface area contributed by atoms with Gasteiger partial charge in [-0.3, -0.25) is 4.79 Å². The molecule has 0 fully saturated rings. The first-order valence-electron chi connectivity index (χ1n) is 8.68. The molecule has 1 atom stereocenters. The smallest absolute Gasteiger partial charge is 0.374 e. The third-order valence-corrected chi connectivity index (χ3v) is 5.27. The largest absolute Gasteiger partial charge is 0.435 e. The van der Waals surface area contributed by atoms with Crippen LogP contribution in [0, 0.1) is 6.92 Å². The second kappa shape index (κ2) is 7.88. The SMILES string of the molecule is Cc1ccc(C2=NOC(c3cc(Cl)cc(Cl)c3)(C(F)(F)F)C2)cc1CCC(N)=O. The summed E-state index contributed by atoms with van der Waals surface area (Å²) in [4.78, 5) is 16.1. The lowest BCUT2D eigenvalue weighted by Gasteiger charge is -2.29. The van der Waals surface area contributed by atoms with Gasteiger partial charge in [-0.15, -0.1) is 0 Å². The number of rotatable bonds is 5. The van der Waals surface area contributed by atoms with E-state index in [-0.39, 0.29) is 27.7 Å². The van der Waals surface area contributed by atoms with Gasteiger partial charge in [0.05, 0.1) is 5.71 Å². The highest BCUT2D eigenvalue weighted by Gasteiger charge is 2.62. The predicted octanol–water partition coefficient (Wildman–Crippen LogP) is 5.30. The second-order valence-corrected chi connectivity index (χ2v) is 7.77. The maximum atomic E-state index is 14.1. The predicted molar refractivity (Wildman–Crippen MR) is 105 cm³/mol. The van der Waals surface area contributed by atoms with Crippen LogP contribution in [-0.2, 0) is 21.7 Å². The van der Waals surface area contributed by atoms with E-state index in [0.29, 0.717) is 12.0 Å². The van der Waals surface area contributed by atoms with E-state index in [1.807, 2.05) is 6.92 Å². The van der Waals surface area contributed by atoms with Crippen molar-refractivity contribution in [2.24, 2.45) is 10.9 Å². The molecule has 2 N–H and O–H groups in total. The lowest BCUT2D eigenvalue weighted by molar-refractivity contribution is -0.275. The van der Waals surface area contributed by atoms with Crippen LogP contribution in [0.1, 0.15) is 35.1 Å². The lowest BCUT2D eigenvalue weighted by Crippen LogP contribution is -2.42. The van der Waals surface area contributed by atoms with E-state index in [1.165, 1.54) is 18.2 Å². The van der Waals surface area contributed by atoms with Crippen molar-refractivity contribution in [1.29, 1.82) is 0 Å². The van der Waals surface area contributed by atoms with Gasteiger partial charge in [0.25, 0.3) is 5.60 Å². The van der Waals surface area contributed by atoms with E-state index in [1.54, 1.807) is 18.2 Å². The Bertz CT molecular complexity index is 972. The highest BCUT2D eigenvalue weighted by Crippen LogP contribution is 2.49. The molecule has 1 heterocycles. The van der Waals surface area contributed by atoms with Crippen LogP contribution in [-0.4, -0.2) is 17.8 Å². The van der Waals surface area contributed by atoms with Gasteiger partial charge in [0.15, 0.2) is 0 Å². The van der Waals surface area contributed by atoms with Crippen LogP contribution in [0.4, 0.5) is 13.2 Å². The van der Waals surface area contributed by atoms with E-state index in [9.17, 15) is 18.0 Å². The number of halogens is 5. The van der Waals surface area contributed by atoms with E-state index >= 15 is 0 Å². The zero-order chi connectivity index (χ0) is 21.4. The monoisotopic (exact) mass is 444 g/mol. The Kier molecular flexibility index (Phi) is 5.83. The summed E-state index contributed by atoms with van der Waals surface area (Å²) in [5.41, 5.74) is 4.61. The molecular weight excluding hydrogens is 428 g/mol. The molecule has 0 radical (unpaired) electrons. The van der Waals surface area contributed by atoms with Crippen LogP contribution in [0.5, 0.6) is 0 Å². The van der Waals surface area contributed by atoms with Crippen molar-refractivity contribution in [3.63, 3.8) is 0 Å². The molecular formula is C20H17Cl2F3N2O2. The average molecular weight is 445 g/mol. The first kappa shape index (κ1) is 21.5. The topological polar surface area (TPSA) is 64.7 Å². The number of hydrogen-bond donors (Lipinski definition) is 1. The van der Waals surface area contributed by atoms with Gasteiger partial charge in [0, 0.05) is 28.5 Å². The van der Waals surface area contributed by atoms with Crippen molar-refractivity contribution in [3.05, 3.63) is 68.7 Å². The van der Waals surface area contributed by atoms with Gasteiger partial charge >= 0.3 is 6.18 Å². The summed E-state index contributed by atoms with van der Waals surface area (Å²) in [5.74, 6) is -0.453. The van der Waals surface area contributed by atoms with Crippen molar-refractivity contribution >= 4 is 34.8 Å². The zero-order valence-corrected chi connectivity index (χ0v) is 16.8. The number of alkyl halides is 3. The zero-order valence-electron chi connectivity index (χ0n) is 15.3. The molecule has 0 saturated carbocycles. The molecule has 9 heteroatoms. The molecule has 0 saturated heterocycles. The number of benzene rings is 2. The molecule has 0 aromatic heterocycles. The van der Waals surface area contributed by atoms with Crippen molar-refractivity contribution in [3.8, 4) is 0 Å². The van der Waals surface area contributed by atoms with Gasteiger partial charge in [0.2, 0.25) is 5.91 Å². The molecule has 2 aromatic carbocycles. The Morgan fingerprint density at radius 1 is 1.21 bits per heavy atom. The van der Waals surface area contributed by atoms with Crippen molar-refractivity contribution in [1.82, 2.24) is 0 Å². The third kappa shape index (κ3) is 4.36. The summed E-state index contributed by atoms with van der Waals surface area (Å²) >= 11 is 11.8. The van der Waals surface area contributed by atoms with Crippen molar-refractivity contribution in [2.45, 2.75) is 38.0 Å². The molecule has 0 aliphatic carbocycles. The number of hydrogen-bond acceptors (Lipinski definition) is 3. The number of carbonyl (C=O) groups excluding carboxylic acids is 1. The van der Waals surface area contributed by atoms with Gasteiger partial charge in [-0.2, -0.15) is 13.2 Å². The first-order valence-corrected chi connectivity index (χ1v) is 9.44. The minimum Gasteiger partial charge on any atom is -0.374 e. The normalized spacial score (nSPS) is 19.0. The molecule has 1 amide bonds. The molecule has 4 nitrogen and oxygen atoms in total. The van der Waals surface area contributed by atoms with Crippen LogP contribution in [0.3, 0.4) is 0 Å². The Hall–Kier alpha value is -2.25. The minimum atomic E-state index is -4.76. The van der Waals surface area contributed by atoms with Gasteiger partial charge in [-0.25, -0.2) is 0 Å². The molecule has 154 valence electrons. The van der Waals surface area contributed by atoms with E-state index in [0.717, 1.165) is 11.1 Å². The summed E-state index contributed by atoms with van der Waals surface area (Å²) in [6.07, 6.45) is -4.77. The highest BCUT2D eigenvalue weighted by atomic mass is 35.5. The van der Waals surface area contributed by atoms with E-state index < -0.39 is 24.1 Å². The van der Waals surface area contributed by atoms with E-state index in [4.69, 9.17) is 33.8 Å². The van der Waals surface area contributed by atoms with Gasteiger partial charge in [0.1, 0.15) is 0 Å². The highest BCUT2D eigenvalue weighted by molar-refractivity contribution is 6.34. The number of carbonyl (C=O) groups is 1. The molecule has 2 aromatic rings. The van der Waals surface area contributed by atoms with Crippen molar-refractivity contribution < 1.29 is 22.8 Å². The first-order chi connectivity index (χ1) is 13.5. The molecule has 1 aliphatic heterocycles. The van der Waals surface area contributed by atoms with Crippen LogP contribution in [0.2, 0.25) is 10.0 Å². The molecule has 1 unspecified atom stereocenters. The van der Waals surface area contributed by atoms with Crippen LogP contribution < -0.4 is 5.73 Å². The third-order valence-electron chi connectivity index (χ3n) is 4.84. The number of aryl methyl sites for hydroxylation is 2. The Balaban J connectivity index is 1.97. The second-order valence-electron chi connectivity index (χ2n) is 6.90. The molecule has 1 aliphatic rings. The standard InChI is InChI=1S/C20H17Cl2F3N2O2/c1-11-2-3-13(6-12(11)4-5-18(26)28)17-10-19(29-27-17,20(23,24)25)14-7-15(21)9-16(22)8-14/h2-3,6-9H,4-5,10H2,1H3,(H2,26,28). The fourth-order valence-corrected chi connectivity index (χ4v) is 3.75. The summed E-state index contributed by atoms with van der Waals surface area (Å²) in [7, 11) is 0. The summed E-state index contributed by atoms with van der Waals surface area (Å²) in [6, 6.07) is 8.83. The molecule has 0 bridgehead atoms. The fourth-order valence-electron chi connectivity index (χ4n) is 3.22. The Morgan fingerprint density at radius 2 is 1.86 bits per heavy atom. The molecule has 0 spiro atoms. The van der Waals surface area contributed by atoms with Crippen LogP contribution in [0.25, 0.3) is 0 Å². The quantitative estimate of drug-likeness (QED) is 0.679.